The van der Waals surface area contributed by atoms with Gasteiger partial charge in [-0.05, 0) is 28.0 Å². The van der Waals surface area contributed by atoms with Crippen LogP contribution in [-0.4, -0.2) is 4.98 Å². The number of aromatic nitrogens is 1. The van der Waals surface area contributed by atoms with Crippen molar-refractivity contribution in [2.45, 2.75) is 58.8 Å². The van der Waals surface area contributed by atoms with Crippen molar-refractivity contribution in [3.63, 3.8) is 0 Å². The maximum absolute atomic E-state index is 6.19. The van der Waals surface area contributed by atoms with Crippen LogP contribution in [0.25, 0.3) is 11.1 Å². The van der Waals surface area contributed by atoms with Gasteiger partial charge in [0.2, 0.25) is 0 Å². The number of fused-ring (bicyclic) bond motifs is 1. The van der Waals surface area contributed by atoms with Crippen LogP contribution in [0.5, 0.6) is 0 Å². The lowest BCUT2D eigenvalue weighted by atomic mass is 9.80. The van der Waals surface area contributed by atoms with Crippen molar-refractivity contribution >= 4 is 11.1 Å². The van der Waals surface area contributed by atoms with Gasteiger partial charge in [0.15, 0.2) is 11.5 Å². The molecule has 0 saturated heterocycles. The van der Waals surface area contributed by atoms with Crippen molar-refractivity contribution < 1.29 is 4.42 Å². The fourth-order valence-corrected chi connectivity index (χ4v) is 2.92. The summed E-state index contributed by atoms with van der Waals surface area (Å²) in [5.74, 6) is 0.785. The van der Waals surface area contributed by atoms with Gasteiger partial charge < -0.3 is 4.42 Å². The summed E-state index contributed by atoms with van der Waals surface area (Å²) < 4.78 is 6.19. The van der Waals surface area contributed by atoms with Crippen LogP contribution in [0, 0.1) is 0 Å². The van der Waals surface area contributed by atoms with Crippen LogP contribution < -0.4 is 0 Å². The molecule has 3 rings (SSSR count). The molecule has 0 radical (unpaired) electrons. The zero-order chi connectivity index (χ0) is 17.5. The predicted molar refractivity (Wildman–Crippen MR) is 101 cm³/mol. The second-order valence-corrected chi connectivity index (χ2v) is 8.64. The van der Waals surface area contributed by atoms with Gasteiger partial charge in [0.05, 0.1) is 0 Å². The molecule has 0 aliphatic carbocycles. The molecule has 1 heterocycles. The van der Waals surface area contributed by atoms with Crippen molar-refractivity contribution in [1.82, 2.24) is 4.98 Å². The van der Waals surface area contributed by atoms with Crippen LogP contribution in [0.2, 0.25) is 0 Å². The molecule has 0 saturated carbocycles. The lowest BCUT2D eigenvalue weighted by molar-refractivity contribution is 0.519. The molecule has 3 aromatic rings. The first-order valence-electron chi connectivity index (χ1n) is 8.63. The van der Waals surface area contributed by atoms with Gasteiger partial charge in [-0.15, -0.1) is 0 Å². The zero-order valence-corrected chi connectivity index (χ0v) is 15.6. The Balaban J connectivity index is 2.13. The fourth-order valence-electron chi connectivity index (χ4n) is 2.92. The molecule has 0 unspecified atom stereocenters. The molecule has 0 aliphatic rings. The van der Waals surface area contributed by atoms with E-state index in [2.05, 4.69) is 77.9 Å². The molecule has 0 atom stereocenters. The normalized spacial score (nSPS) is 12.8. The Morgan fingerprint density at radius 3 is 2.12 bits per heavy atom. The fraction of sp³-hybridized carbons (Fsp3) is 0.409. The van der Waals surface area contributed by atoms with E-state index in [0.717, 1.165) is 23.4 Å². The monoisotopic (exact) mass is 321 g/mol. The van der Waals surface area contributed by atoms with Crippen LogP contribution in [-0.2, 0) is 17.3 Å². The standard InChI is InChI=1S/C22H27NO/c1-21(2,3)16-13-17(22(4,5)6)20-18(14-16)23-19(24-20)12-15-10-8-7-9-11-15/h7-11,13-14H,12H2,1-6H3. The number of nitrogens with zero attached hydrogens (tertiary/aromatic N) is 1. The van der Waals surface area contributed by atoms with Crippen molar-refractivity contribution in [3.05, 3.63) is 65.0 Å². The van der Waals surface area contributed by atoms with Crippen molar-refractivity contribution in [2.75, 3.05) is 0 Å². The lowest BCUT2D eigenvalue weighted by Crippen LogP contribution is -2.16. The van der Waals surface area contributed by atoms with E-state index in [1.54, 1.807) is 0 Å². The highest BCUT2D eigenvalue weighted by Gasteiger charge is 2.25. The van der Waals surface area contributed by atoms with Gasteiger partial charge in [-0.1, -0.05) is 77.9 Å². The minimum atomic E-state index is 0.0169. The van der Waals surface area contributed by atoms with Gasteiger partial charge in [-0.3, -0.25) is 0 Å². The van der Waals surface area contributed by atoms with Crippen molar-refractivity contribution in [2.24, 2.45) is 0 Å². The molecule has 126 valence electrons. The van der Waals surface area contributed by atoms with Crippen LogP contribution in [0.4, 0.5) is 0 Å². The highest BCUT2D eigenvalue weighted by molar-refractivity contribution is 5.79. The quantitative estimate of drug-likeness (QED) is 0.577. The van der Waals surface area contributed by atoms with Gasteiger partial charge in [0, 0.05) is 12.0 Å². The Morgan fingerprint density at radius 1 is 0.875 bits per heavy atom. The lowest BCUT2D eigenvalue weighted by Gasteiger charge is -2.24. The first-order chi connectivity index (χ1) is 11.1. The van der Waals surface area contributed by atoms with Gasteiger partial charge in [-0.25, -0.2) is 4.98 Å². The first-order valence-corrected chi connectivity index (χ1v) is 8.63. The number of hydrogen-bond acceptors (Lipinski definition) is 2. The Morgan fingerprint density at radius 2 is 1.54 bits per heavy atom. The Hall–Kier alpha value is -2.09. The Kier molecular flexibility index (Phi) is 4.03. The summed E-state index contributed by atoms with van der Waals surface area (Å²) in [6.45, 7) is 13.4. The molecule has 0 amide bonds. The summed E-state index contributed by atoms with van der Waals surface area (Å²) in [7, 11) is 0. The average Bonchev–Trinajstić information content (AvgIpc) is 2.87. The SMILES string of the molecule is CC(C)(C)c1cc(C(C)(C)C)c2oc(Cc3ccccc3)nc2c1. The van der Waals surface area contributed by atoms with E-state index >= 15 is 0 Å². The van der Waals surface area contributed by atoms with Gasteiger partial charge >= 0.3 is 0 Å². The summed E-state index contributed by atoms with van der Waals surface area (Å²) in [6, 6.07) is 14.8. The van der Waals surface area contributed by atoms with E-state index in [4.69, 9.17) is 9.40 Å². The molecule has 0 bridgehead atoms. The van der Waals surface area contributed by atoms with E-state index in [1.165, 1.54) is 16.7 Å². The smallest absolute Gasteiger partial charge is 0.199 e. The molecule has 2 heteroatoms. The average molecular weight is 321 g/mol. The third-order valence-corrected chi connectivity index (χ3v) is 4.41. The maximum atomic E-state index is 6.19. The minimum absolute atomic E-state index is 0.0169. The molecule has 2 aromatic carbocycles. The molecular formula is C22H27NO. The van der Waals surface area contributed by atoms with E-state index in [9.17, 15) is 0 Å². The van der Waals surface area contributed by atoms with Crippen LogP contribution in [0.3, 0.4) is 0 Å². The topological polar surface area (TPSA) is 26.0 Å². The number of hydrogen-bond donors (Lipinski definition) is 0. The van der Waals surface area contributed by atoms with Crippen LogP contribution in [0.15, 0.2) is 46.9 Å². The number of oxazole rings is 1. The summed E-state index contributed by atoms with van der Waals surface area (Å²) in [4.78, 5) is 4.79. The van der Waals surface area contributed by atoms with Crippen molar-refractivity contribution in [1.29, 1.82) is 0 Å². The Labute approximate surface area is 144 Å². The molecule has 0 fully saturated rings. The second-order valence-electron chi connectivity index (χ2n) is 8.64. The third kappa shape index (κ3) is 3.38. The molecular weight excluding hydrogens is 294 g/mol. The highest BCUT2D eigenvalue weighted by Crippen LogP contribution is 2.35. The van der Waals surface area contributed by atoms with Crippen LogP contribution >= 0.6 is 0 Å². The molecule has 1 aromatic heterocycles. The predicted octanol–water partition coefficient (Wildman–Crippen LogP) is 6.01. The molecule has 0 N–H and O–H groups in total. The minimum Gasteiger partial charge on any atom is -0.440 e. The molecule has 0 aliphatic heterocycles. The summed E-state index contributed by atoms with van der Waals surface area (Å²) in [6.07, 6.45) is 0.726. The summed E-state index contributed by atoms with van der Waals surface area (Å²) in [5.41, 5.74) is 5.77. The highest BCUT2D eigenvalue weighted by atomic mass is 16.3. The molecule has 0 spiro atoms. The summed E-state index contributed by atoms with van der Waals surface area (Å²) in [5, 5.41) is 0. The first kappa shape index (κ1) is 16.8. The Bertz CT molecular complexity index is 845. The van der Waals surface area contributed by atoms with E-state index in [-0.39, 0.29) is 10.8 Å². The third-order valence-electron chi connectivity index (χ3n) is 4.41. The largest absolute Gasteiger partial charge is 0.440 e. The van der Waals surface area contributed by atoms with Gasteiger partial charge in [0.1, 0.15) is 5.52 Å². The number of rotatable bonds is 2. The molecule has 2 nitrogen and oxygen atoms in total. The van der Waals surface area contributed by atoms with Crippen LogP contribution in [0.1, 0.15) is 64.1 Å². The van der Waals surface area contributed by atoms with Gasteiger partial charge in [0.25, 0.3) is 0 Å². The van der Waals surface area contributed by atoms with Crippen molar-refractivity contribution in [3.8, 4) is 0 Å². The second kappa shape index (κ2) is 5.77. The van der Waals surface area contributed by atoms with E-state index in [1.807, 2.05) is 6.07 Å². The molecule has 24 heavy (non-hydrogen) atoms. The summed E-state index contributed by atoms with van der Waals surface area (Å²) >= 11 is 0. The zero-order valence-electron chi connectivity index (χ0n) is 15.6. The van der Waals surface area contributed by atoms with Gasteiger partial charge in [-0.2, -0.15) is 0 Å². The number of benzene rings is 2. The van der Waals surface area contributed by atoms with E-state index in [0.29, 0.717) is 0 Å². The van der Waals surface area contributed by atoms with E-state index < -0.39 is 0 Å². The maximum Gasteiger partial charge on any atom is 0.199 e.